The van der Waals surface area contributed by atoms with Crippen LogP contribution in [0, 0.1) is 6.92 Å². The molecule has 0 aliphatic rings. The van der Waals surface area contributed by atoms with E-state index in [9.17, 15) is 14.4 Å². The zero-order valence-corrected chi connectivity index (χ0v) is 15.9. The summed E-state index contributed by atoms with van der Waals surface area (Å²) in [6, 6.07) is 12.0. The molecule has 2 rings (SSSR count). The highest BCUT2D eigenvalue weighted by atomic mass is 16.6. The fourth-order valence-electron chi connectivity index (χ4n) is 2.32. The summed E-state index contributed by atoms with van der Waals surface area (Å²) in [6.07, 6.45) is 0. The fourth-order valence-corrected chi connectivity index (χ4v) is 2.32. The number of amides is 2. The van der Waals surface area contributed by atoms with Gasteiger partial charge in [0.1, 0.15) is 11.5 Å². The van der Waals surface area contributed by atoms with Crippen LogP contribution in [0.25, 0.3) is 0 Å². The van der Waals surface area contributed by atoms with Crippen LogP contribution in [0.5, 0.6) is 11.5 Å². The minimum absolute atomic E-state index is 0.245. The first-order valence-electron chi connectivity index (χ1n) is 8.48. The van der Waals surface area contributed by atoms with Crippen molar-refractivity contribution < 1.29 is 28.6 Å². The number of benzene rings is 2. The standard InChI is InChI=1S/C20H22N2O6/c1-13-6-4-5-7-17(13)27-12-20(25)28-11-19(24)22-16-10-15(21-14(2)23)8-9-18(16)26-3/h4-10H,11-12H2,1-3H3,(H,21,23)(H,22,24). The predicted octanol–water partition coefficient (Wildman–Crippen LogP) is 2.52. The van der Waals surface area contributed by atoms with Crippen molar-refractivity contribution in [2.75, 3.05) is 31.0 Å². The fraction of sp³-hybridized carbons (Fsp3) is 0.250. The lowest BCUT2D eigenvalue weighted by Gasteiger charge is -2.13. The third-order valence-electron chi connectivity index (χ3n) is 3.60. The Morgan fingerprint density at radius 1 is 0.964 bits per heavy atom. The highest BCUT2D eigenvalue weighted by molar-refractivity contribution is 5.96. The topological polar surface area (TPSA) is 103 Å². The SMILES string of the molecule is COc1ccc(NC(C)=O)cc1NC(=O)COC(=O)COc1ccccc1C. The second kappa shape index (κ2) is 9.96. The lowest BCUT2D eigenvalue weighted by atomic mass is 10.2. The van der Waals surface area contributed by atoms with Gasteiger partial charge in [0.2, 0.25) is 5.91 Å². The van der Waals surface area contributed by atoms with Gasteiger partial charge in [-0.1, -0.05) is 18.2 Å². The van der Waals surface area contributed by atoms with Gasteiger partial charge in [-0.3, -0.25) is 9.59 Å². The number of para-hydroxylation sites is 1. The number of carbonyl (C=O) groups is 3. The number of aryl methyl sites for hydroxylation is 1. The average molecular weight is 386 g/mol. The van der Waals surface area contributed by atoms with E-state index < -0.39 is 18.5 Å². The molecule has 0 spiro atoms. The Kier molecular flexibility index (Phi) is 7.38. The molecule has 0 unspecified atom stereocenters. The van der Waals surface area contributed by atoms with Gasteiger partial charge in [-0.05, 0) is 36.8 Å². The molecule has 0 saturated heterocycles. The van der Waals surface area contributed by atoms with Gasteiger partial charge in [-0.2, -0.15) is 0 Å². The van der Waals surface area contributed by atoms with Gasteiger partial charge in [0.25, 0.3) is 5.91 Å². The van der Waals surface area contributed by atoms with Crippen molar-refractivity contribution >= 4 is 29.2 Å². The maximum atomic E-state index is 12.1. The molecule has 0 heterocycles. The van der Waals surface area contributed by atoms with Gasteiger partial charge in [0.05, 0.1) is 12.8 Å². The molecule has 8 nitrogen and oxygen atoms in total. The van der Waals surface area contributed by atoms with E-state index >= 15 is 0 Å². The van der Waals surface area contributed by atoms with Crippen LogP contribution < -0.4 is 20.1 Å². The smallest absolute Gasteiger partial charge is 0.344 e. The van der Waals surface area contributed by atoms with Crippen molar-refractivity contribution in [2.24, 2.45) is 0 Å². The Hall–Kier alpha value is -3.55. The lowest BCUT2D eigenvalue weighted by molar-refractivity contribution is -0.149. The Morgan fingerprint density at radius 2 is 1.71 bits per heavy atom. The number of hydrogen-bond acceptors (Lipinski definition) is 6. The molecule has 2 amide bonds. The normalized spacial score (nSPS) is 9.96. The number of ether oxygens (including phenoxy) is 3. The van der Waals surface area contributed by atoms with Crippen LogP contribution in [0.15, 0.2) is 42.5 Å². The van der Waals surface area contributed by atoms with Crippen LogP contribution >= 0.6 is 0 Å². The zero-order valence-electron chi connectivity index (χ0n) is 15.9. The quantitative estimate of drug-likeness (QED) is 0.676. The summed E-state index contributed by atoms with van der Waals surface area (Å²) < 4.78 is 15.5. The summed E-state index contributed by atoms with van der Waals surface area (Å²) in [5, 5.41) is 5.19. The number of methoxy groups -OCH3 is 1. The minimum atomic E-state index is -0.669. The Bertz CT molecular complexity index is 866. The van der Waals surface area contributed by atoms with Gasteiger partial charge in [-0.15, -0.1) is 0 Å². The minimum Gasteiger partial charge on any atom is -0.495 e. The molecular weight excluding hydrogens is 364 g/mol. The first-order valence-corrected chi connectivity index (χ1v) is 8.48. The van der Waals surface area contributed by atoms with E-state index in [0.717, 1.165) is 5.56 Å². The van der Waals surface area contributed by atoms with Crippen LogP contribution in [0.1, 0.15) is 12.5 Å². The molecule has 0 aliphatic heterocycles. The van der Waals surface area contributed by atoms with Crippen molar-refractivity contribution in [2.45, 2.75) is 13.8 Å². The summed E-state index contributed by atoms with van der Waals surface area (Å²) >= 11 is 0. The Morgan fingerprint density at radius 3 is 2.39 bits per heavy atom. The van der Waals surface area contributed by atoms with Gasteiger partial charge >= 0.3 is 5.97 Å². The lowest BCUT2D eigenvalue weighted by Crippen LogP contribution is -2.24. The van der Waals surface area contributed by atoms with Gasteiger partial charge in [0.15, 0.2) is 13.2 Å². The second-order valence-electron chi connectivity index (χ2n) is 5.86. The number of hydrogen-bond donors (Lipinski definition) is 2. The number of rotatable bonds is 8. The third kappa shape index (κ3) is 6.31. The van der Waals surface area contributed by atoms with E-state index in [1.165, 1.54) is 14.0 Å². The molecule has 0 aromatic heterocycles. The molecule has 28 heavy (non-hydrogen) atoms. The molecule has 2 N–H and O–H groups in total. The molecule has 0 aliphatic carbocycles. The Labute approximate surface area is 162 Å². The van der Waals surface area contributed by atoms with E-state index in [4.69, 9.17) is 14.2 Å². The highest BCUT2D eigenvalue weighted by Crippen LogP contribution is 2.27. The van der Waals surface area contributed by atoms with E-state index in [2.05, 4.69) is 10.6 Å². The van der Waals surface area contributed by atoms with Crippen molar-refractivity contribution in [1.29, 1.82) is 0 Å². The number of nitrogens with one attached hydrogen (secondary N) is 2. The van der Waals surface area contributed by atoms with E-state index in [-0.39, 0.29) is 12.5 Å². The van der Waals surface area contributed by atoms with E-state index in [0.29, 0.717) is 22.9 Å². The average Bonchev–Trinajstić information content (AvgIpc) is 2.65. The molecular formula is C20H22N2O6. The molecule has 0 radical (unpaired) electrons. The summed E-state index contributed by atoms with van der Waals surface area (Å²) in [6.45, 7) is 2.44. The first kappa shape index (κ1) is 20.8. The third-order valence-corrected chi connectivity index (χ3v) is 3.60. The summed E-state index contributed by atoms with van der Waals surface area (Å²) in [7, 11) is 1.45. The van der Waals surface area contributed by atoms with Gasteiger partial charge in [0, 0.05) is 12.6 Å². The molecule has 0 bridgehead atoms. The number of carbonyl (C=O) groups excluding carboxylic acids is 3. The molecule has 8 heteroatoms. The van der Waals surface area contributed by atoms with Crippen LogP contribution in [0.3, 0.4) is 0 Å². The van der Waals surface area contributed by atoms with Gasteiger partial charge in [-0.25, -0.2) is 4.79 Å². The Balaban J connectivity index is 1.87. The van der Waals surface area contributed by atoms with Crippen molar-refractivity contribution in [1.82, 2.24) is 0 Å². The second-order valence-corrected chi connectivity index (χ2v) is 5.86. The number of anilines is 2. The van der Waals surface area contributed by atoms with Crippen LogP contribution in [-0.2, 0) is 19.1 Å². The summed E-state index contributed by atoms with van der Waals surface area (Å²) in [5.41, 5.74) is 1.72. The van der Waals surface area contributed by atoms with Crippen LogP contribution in [0.2, 0.25) is 0 Å². The summed E-state index contributed by atoms with van der Waals surface area (Å²) in [5.74, 6) is -0.495. The van der Waals surface area contributed by atoms with E-state index in [1.54, 1.807) is 30.3 Å². The zero-order chi connectivity index (χ0) is 20.5. The van der Waals surface area contributed by atoms with Gasteiger partial charge < -0.3 is 24.8 Å². The molecule has 0 atom stereocenters. The van der Waals surface area contributed by atoms with Crippen molar-refractivity contribution in [3.05, 3.63) is 48.0 Å². The predicted molar refractivity (Wildman–Crippen MR) is 104 cm³/mol. The number of esters is 1. The maximum Gasteiger partial charge on any atom is 0.344 e. The maximum absolute atomic E-state index is 12.1. The highest BCUT2D eigenvalue weighted by Gasteiger charge is 2.12. The van der Waals surface area contributed by atoms with E-state index in [1.807, 2.05) is 19.1 Å². The molecule has 2 aromatic carbocycles. The molecule has 148 valence electrons. The largest absolute Gasteiger partial charge is 0.495 e. The monoisotopic (exact) mass is 386 g/mol. The van der Waals surface area contributed by atoms with Crippen LogP contribution in [-0.4, -0.2) is 38.1 Å². The molecule has 0 saturated carbocycles. The van der Waals surface area contributed by atoms with Crippen molar-refractivity contribution in [3.63, 3.8) is 0 Å². The molecule has 2 aromatic rings. The molecule has 0 fully saturated rings. The first-order chi connectivity index (χ1) is 13.4. The van der Waals surface area contributed by atoms with Crippen LogP contribution in [0.4, 0.5) is 11.4 Å². The summed E-state index contributed by atoms with van der Waals surface area (Å²) in [4.78, 5) is 35.0. The van der Waals surface area contributed by atoms with Crippen molar-refractivity contribution in [3.8, 4) is 11.5 Å².